The molecule has 2 heterocycles. The SMILES string of the molecule is O=C(NCCN1CCCCCC1)c1ccc(=O)[nH]c1. The molecule has 0 atom stereocenters. The van der Waals surface area contributed by atoms with Crippen LogP contribution in [-0.2, 0) is 0 Å². The maximum atomic E-state index is 11.8. The monoisotopic (exact) mass is 263 g/mol. The first-order chi connectivity index (χ1) is 9.25. The van der Waals surface area contributed by atoms with Gasteiger partial charge in [-0.15, -0.1) is 0 Å². The summed E-state index contributed by atoms with van der Waals surface area (Å²) in [6, 6.07) is 2.91. The van der Waals surface area contributed by atoms with E-state index in [4.69, 9.17) is 0 Å². The number of hydrogen-bond donors (Lipinski definition) is 2. The Hall–Kier alpha value is -1.62. The van der Waals surface area contributed by atoms with E-state index in [0.717, 1.165) is 19.6 Å². The van der Waals surface area contributed by atoms with Crippen molar-refractivity contribution in [1.82, 2.24) is 15.2 Å². The number of aromatic nitrogens is 1. The second kappa shape index (κ2) is 7.09. The highest BCUT2D eigenvalue weighted by Crippen LogP contribution is 2.08. The van der Waals surface area contributed by atoms with Crippen molar-refractivity contribution in [2.24, 2.45) is 0 Å². The number of amides is 1. The van der Waals surface area contributed by atoms with Gasteiger partial charge in [0.2, 0.25) is 5.56 Å². The summed E-state index contributed by atoms with van der Waals surface area (Å²) in [7, 11) is 0. The van der Waals surface area contributed by atoms with Crippen LogP contribution in [0.3, 0.4) is 0 Å². The van der Waals surface area contributed by atoms with E-state index in [0.29, 0.717) is 12.1 Å². The molecule has 1 aromatic rings. The first kappa shape index (κ1) is 13.8. The lowest BCUT2D eigenvalue weighted by molar-refractivity contribution is 0.0948. The molecular weight excluding hydrogens is 242 g/mol. The van der Waals surface area contributed by atoms with Crippen molar-refractivity contribution in [1.29, 1.82) is 0 Å². The predicted molar refractivity (Wildman–Crippen MR) is 74.3 cm³/mol. The van der Waals surface area contributed by atoms with Gasteiger partial charge in [-0.2, -0.15) is 0 Å². The lowest BCUT2D eigenvalue weighted by atomic mass is 10.2. The predicted octanol–water partition coefficient (Wildman–Crippen LogP) is 0.981. The summed E-state index contributed by atoms with van der Waals surface area (Å²) in [6.45, 7) is 3.82. The molecule has 0 spiro atoms. The minimum Gasteiger partial charge on any atom is -0.351 e. The third-order valence-corrected chi connectivity index (χ3v) is 3.46. The number of nitrogens with zero attached hydrogens (tertiary/aromatic N) is 1. The summed E-state index contributed by atoms with van der Waals surface area (Å²) in [5.41, 5.74) is 0.302. The minimum absolute atomic E-state index is 0.133. The van der Waals surface area contributed by atoms with Crippen LogP contribution in [0.5, 0.6) is 0 Å². The summed E-state index contributed by atoms with van der Waals surface area (Å²) < 4.78 is 0. The fourth-order valence-electron chi connectivity index (χ4n) is 2.34. The maximum Gasteiger partial charge on any atom is 0.252 e. The molecule has 5 heteroatoms. The van der Waals surface area contributed by atoms with Crippen molar-refractivity contribution >= 4 is 5.91 Å². The molecule has 1 fully saturated rings. The van der Waals surface area contributed by atoms with E-state index in [-0.39, 0.29) is 11.5 Å². The van der Waals surface area contributed by atoms with E-state index in [9.17, 15) is 9.59 Å². The molecule has 0 radical (unpaired) electrons. The summed E-state index contributed by atoms with van der Waals surface area (Å²) in [5, 5.41) is 2.88. The Bertz CT molecular complexity index is 442. The summed E-state index contributed by atoms with van der Waals surface area (Å²) in [6.07, 6.45) is 6.60. The van der Waals surface area contributed by atoms with E-state index >= 15 is 0 Å². The van der Waals surface area contributed by atoms with Crippen LogP contribution in [0.15, 0.2) is 23.1 Å². The molecule has 1 aromatic heterocycles. The van der Waals surface area contributed by atoms with Gasteiger partial charge < -0.3 is 15.2 Å². The van der Waals surface area contributed by atoms with Gasteiger partial charge in [0.05, 0.1) is 5.56 Å². The summed E-state index contributed by atoms with van der Waals surface area (Å²) in [4.78, 5) is 27.6. The van der Waals surface area contributed by atoms with Gasteiger partial charge in [0.25, 0.3) is 5.91 Å². The molecule has 1 saturated heterocycles. The van der Waals surface area contributed by atoms with Crippen molar-refractivity contribution in [3.05, 3.63) is 34.2 Å². The van der Waals surface area contributed by atoms with Crippen LogP contribution in [0.1, 0.15) is 36.0 Å². The third kappa shape index (κ3) is 4.52. The standard InChI is InChI=1S/C14H21N3O2/c18-13-6-5-12(11-16-13)14(19)15-7-10-17-8-3-1-2-4-9-17/h5-6,11H,1-4,7-10H2,(H,15,19)(H,16,18). The summed E-state index contributed by atoms with van der Waals surface area (Å²) >= 11 is 0. The number of H-pyrrole nitrogens is 1. The highest BCUT2D eigenvalue weighted by atomic mass is 16.1. The van der Waals surface area contributed by atoms with E-state index < -0.39 is 0 Å². The quantitative estimate of drug-likeness (QED) is 0.851. The molecule has 2 rings (SSSR count). The normalized spacial score (nSPS) is 16.8. The van der Waals surface area contributed by atoms with E-state index in [1.165, 1.54) is 37.9 Å². The molecule has 5 nitrogen and oxygen atoms in total. The molecule has 1 amide bonds. The van der Waals surface area contributed by atoms with Gasteiger partial charge in [-0.05, 0) is 32.0 Å². The molecule has 2 N–H and O–H groups in total. The van der Waals surface area contributed by atoms with Crippen LogP contribution in [0, 0.1) is 0 Å². The average molecular weight is 263 g/mol. The van der Waals surface area contributed by atoms with Crippen molar-refractivity contribution < 1.29 is 4.79 Å². The third-order valence-electron chi connectivity index (χ3n) is 3.46. The highest BCUT2D eigenvalue weighted by Gasteiger charge is 2.09. The van der Waals surface area contributed by atoms with Crippen LogP contribution < -0.4 is 10.9 Å². The molecule has 1 aliphatic heterocycles. The van der Waals surface area contributed by atoms with Gasteiger partial charge in [-0.25, -0.2) is 0 Å². The molecule has 0 aromatic carbocycles. The fraction of sp³-hybridized carbons (Fsp3) is 0.571. The van der Waals surface area contributed by atoms with Crippen molar-refractivity contribution in [3.63, 3.8) is 0 Å². The number of pyridine rings is 1. The average Bonchev–Trinajstić information content (AvgIpc) is 2.68. The lowest BCUT2D eigenvalue weighted by Crippen LogP contribution is -2.35. The van der Waals surface area contributed by atoms with Crippen LogP contribution >= 0.6 is 0 Å². The lowest BCUT2D eigenvalue weighted by Gasteiger charge is -2.19. The number of carbonyl (C=O) groups excluding carboxylic acids is 1. The minimum atomic E-state index is -0.193. The zero-order valence-corrected chi connectivity index (χ0v) is 11.2. The van der Waals surface area contributed by atoms with Crippen LogP contribution in [0.25, 0.3) is 0 Å². The van der Waals surface area contributed by atoms with E-state index in [1.807, 2.05) is 0 Å². The Balaban J connectivity index is 1.74. The maximum absolute atomic E-state index is 11.8. The Labute approximate surface area is 113 Å². The van der Waals surface area contributed by atoms with Crippen LogP contribution in [0.2, 0.25) is 0 Å². The molecule has 0 unspecified atom stereocenters. The van der Waals surface area contributed by atoms with Crippen molar-refractivity contribution in [3.8, 4) is 0 Å². The van der Waals surface area contributed by atoms with E-state index in [1.54, 1.807) is 6.07 Å². The van der Waals surface area contributed by atoms with E-state index in [2.05, 4.69) is 15.2 Å². The zero-order valence-electron chi connectivity index (χ0n) is 11.2. The van der Waals surface area contributed by atoms with Gasteiger partial charge >= 0.3 is 0 Å². The first-order valence-electron chi connectivity index (χ1n) is 6.95. The highest BCUT2D eigenvalue weighted by molar-refractivity contribution is 5.93. The molecule has 0 aliphatic carbocycles. The zero-order chi connectivity index (χ0) is 13.5. The van der Waals surface area contributed by atoms with Crippen molar-refractivity contribution in [2.75, 3.05) is 26.2 Å². The topological polar surface area (TPSA) is 65.2 Å². The summed E-state index contributed by atoms with van der Waals surface area (Å²) in [5.74, 6) is -0.133. The number of carbonyl (C=O) groups is 1. The second-order valence-corrected chi connectivity index (χ2v) is 4.95. The van der Waals surface area contributed by atoms with Gasteiger partial charge in [0.1, 0.15) is 0 Å². The number of rotatable bonds is 4. The second-order valence-electron chi connectivity index (χ2n) is 4.95. The number of likely N-dealkylation sites (tertiary alicyclic amines) is 1. The Morgan fingerprint density at radius 2 is 1.95 bits per heavy atom. The number of hydrogen-bond acceptors (Lipinski definition) is 3. The van der Waals surface area contributed by atoms with Gasteiger partial charge in [-0.1, -0.05) is 12.8 Å². The van der Waals surface area contributed by atoms with Crippen molar-refractivity contribution in [2.45, 2.75) is 25.7 Å². The molecule has 19 heavy (non-hydrogen) atoms. The molecule has 0 saturated carbocycles. The molecule has 1 aliphatic rings. The smallest absolute Gasteiger partial charge is 0.252 e. The molecule has 104 valence electrons. The molecule has 0 bridgehead atoms. The van der Waals surface area contributed by atoms with Crippen LogP contribution in [-0.4, -0.2) is 42.0 Å². The Kier molecular flexibility index (Phi) is 5.15. The van der Waals surface area contributed by atoms with Gasteiger partial charge in [0.15, 0.2) is 0 Å². The fourth-order valence-corrected chi connectivity index (χ4v) is 2.34. The largest absolute Gasteiger partial charge is 0.351 e. The number of nitrogens with one attached hydrogen (secondary N) is 2. The molecular formula is C14H21N3O2. The van der Waals surface area contributed by atoms with Gasteiger partial charge in [0, 0.05) is 25.4 Å². The Morgan fingerprint density at radius 1 is 1.21 bits per heavy atom. The number of aromatic amines is 1. The van der Waals surface area contributed by atoms with Gasteiger partial charge in [-0.3, -0.25) is 9.59 Å². The van der Waals surface area contributed by atoms with Crippen LogP contribution in [0.4, 0.5) is 0 Å². The Morgan fingerprint density at radius 3 is 2.58 bits per heavy atom. The first-order valence-corrected chi connectivity index (χ1v) is 6.95.